The Balaban J connectivity index is 0.00000220. The van der Waals surface area contributed by atoms with E-state index in [0.717, 1.165) is 4.47 Å². The number of hydrogen-bond acceptors (Lipinski definition) is 3. The Kier molecular flexibility index (Phi) is 7.27. The lowest BCUT2D eigenvalue weighted by Crippen LogP contribution is -2.43. The molecule has 0 aliphatic heterocycles. The van der Waals surface area contributed by atoms with E-state index in [-0.39, 0.29) is 24.4 Å². The van der Waals surface area contributed by atoms with E-state index >= 15 is 0 Å². The Bertz CT molecular complexity index is 498. The zero-order chi connectivity index (χ0) is 14.7. The molecule has 0 bridgehead atoms. The maximum Gasteiger partial charge on any atom is 0.260 e. The number of nitrogens with one attached hydrogen (secondary N) is 1. The fraction of sp³-hybridized carbons (Fsp3) is 0.500. The standard InChI is InChI=1S/C14H18BrClN2O2.ClH/c1-8(14(19)18-7-12(17)9-2-3-9)20-13-5-4-10(16)6-11(13)15;/h4-6,8-9,12H,2-3,7,17H2,1H3,(H,18,19);1H. The summed E-state index contributed by atoms with van der Waals surface area (Å²) in [6.45, 7) is 2.21. The highest BCUT2D eigenvalue weighted by Gasteiger charge is 2.29. The van der Waals surface area contributed by atoms with E-state index in [0.29, 0.717) is 23.2 Å². The monoisotopic (exact) mass is 396 g/mol. The van der Waals surface area contributed by atoms with Crippen molar-refractivity contribution in [1.29, 1.82) is 0 Å². The SMILES string of the molecule is CC(Oc1ccc(Cl)cc1Br)C(=O)NCC(N)C1CC1.Cl. The molecule has 21 heavy (non-hydrogen) atoms. The van der Waals surface area contributed by atoms with E-state index in [2.05, 4.69) is 21.2 Å². The fourth-order valence-corrected chi connectivity index (χ4v) is 2.64. The van der Waals surface area contributed by atoms with Gasteiger partial charge in [-0.1, -0.05) is 11.6 Å². The van der Waals surface area contributed by atoms with Crippen LogP contribution in [0.25, 0.3) is 0 Å². The van der Waals surface area contributed by atoms with Gasteiger partial charge in [-0.15, -0.1) is 12.4 Å². The normalized spacial score (nSPS) is 16.6. The largest absolute Gasteiger partial charge is 0.480 e. The minimum Gasteiger partial charge on any atom is -0.480 e. The predicted octanol–water partition coefficient (Wildman–Crippen LogP) is 3.15. The first-order valence-electron chi connectivity index (χ1n) is 6.62. The Morgan fingerprint density at radius 2 is 2.24 bits per heavy atom. The maximum atomic E-state index is 11.9. The molecular formula is C14H19BrCl2N2O2. The van der Waals surface area contributed by atoms with Gasteiger partial charge in [-0.05, 0) is 59.8 Å². The molecule has 1 aromatic carbocycles. The van der Waals surface area contributed by atoms with E-state index < -0.39 is 6.10 Å². The summed E-state index contributed by atoms with van der Waals surface area (Å²) in [6.07, 6.45) is 1.75. The van der Waals surface area contributed by atoms with Gasteiger partial charge in [-0.3, -0.25) is 4.79 Å². The zero-order valence-electron chi connectivity index (χ0n) is 11.6. The molecule has 0 saturated heterocycles. The predicted molar refractivity (Wildman–Crippen MR) is 90.2 cm³/mol. The van der Waals surface area contributed by atoms with Crippen LogP contribution >= 0.6 is 39.9 Å². The van der Waals surface area contributed by atoms with Crippen molar-refractivity contribution in [3.8, 4) is 5.75 Å². The number of benzene rings is 1. The van der Waals surface area contributed by atoms with Crippen LogP contribution in [0.15, 0.2) is 22.7 Å². The molecule has 0 aromatic heterocycles. The topological polar surface area (TPSA) is 64.3 Å². The van der Waals surface area contributed by atoms with Gasteiger partial charge < -0.3 is 15.8 Å². The van der Waals surface area contributed by atoms with Crippen molar-refractivity contribution in [2.45, 2.75) is 31.9 Å². The Morgan fingerprint density at radius 1 is 1.57 bits per heavy atom. The Morgan fingerprint density at radius 3 is 2.81 bits per heavy atom. The third-order valence-electron chi connectivity index (χ3n) is 3.31. The molecule has 1 aromatic rings. The lowest BCUT2D eigenvalue weighted by Gasteiger charge is -2.17. The molecule has 2 rings (SSSR count). The van der Waals surface area contributed by atoms with Gasteiger partial charge in [0.05, 0.1) is 4.47 Å². The van der Waals surface area contributed by atoms with Crippen molar-refractivity contribution in [3.63, 3.8) is 0 Å². The quantitative estimate of drug-likeness (QED) is 0.774. The molecule has 0 heterocycles. The number of nitrogens with two attached hydrogens (primary N) is 1. The third-order valence-corrected chi connectivity index (χ3v) is 4.16. The van der Waals surface area contributed by atoms with Gasteiger partial charge in [0.2, 0.25) is 0 Å². The van der Waals surface area contributed by atoms with E-state index in [1.165, 1.54) is 12.8 Å². The summed E-state index contributed by atoms with van der Waals surface area (Å²) in [6, 6.07) is 5.22. The number of carbonyl (C=O) groups excluding carboxylic acids is 1. The van der Waals surface area contributed by atoms with Crippen molar-refractivity contribution in [1.82, 2.24) is 5.32 Å². The van der Waals surface area contributed by atoms with Crippen LogP contribution in [0.3, 0.4) is 0 Å². The van der Waals surface area contributed by atoms with Gasteiger partial charge in [0.25, 0.3) is 5.91 Å². The second-order valence-corrected chi connectivity index (χ2v) is 6.37. The van der Waals surface area contributed by atoms with Gasteiger partial charge in [-0.2, -0.15) is 0 Å². The zero-order valence-corrected chi connectivity index (χ0v) is 14.8. The highest BCUT2D eigenvalue weighted by Crippen LogP contribution is 2.31. The summed E-state index contributed by atoms with van der Waals surface area (Å²) in [7, 11) is 0. The van der Waals surface area contributed by atoms with E-state index in [4.69, 9.17) is 22.1 Å². The minimum atomic E-state index is -0.584. The summed E-state index contributed by atoms with van der Waals surface area (Å²) in [5.74, 6) is 0.989. The average molecular weight is 398 g/mol. The fourth-order valence-electron chi connectivity index (χ4n) is 1.87. The summed E-state index contributed by atoms with van der Waals surface area (Å²) in [4.78, 5) is 11.9. The van der Waals surface area contributed by atoms with Crippen molar-refractivity contribution >= 4 is 45.8 Å². The number of rotatable bonds is 6. The van der Waals surface area contributed by atoms with Crippen LogP contribution in [0.1, 0.15) is 19.8 Å². The van der Waals surface area contributed by atoms with E-state index in [9.17, 15) is 4.79 Å². The summed E-state index contributed by atoms with van der Waals surface area (Å²) >= 11 is 9.21. The lowest BCUT2D eigenvalue weighted by molar-refractivity contribution is -0.127. The molecule has 7 heteroatoms. The van der Waals surface area contributed by atoms with Crippen molar-refractivity contribution in [2.75, 3.05) is 6.54 Å². The smallest absolute Gasteiger partial charge is 0.260 e. The first-order valence-corrected chi connectivity index (χ1v) is 7.79. The maximum absolute atomic E-state index is 11.9. The average Bonchev–Trinajstić information content (AvgIpc) is 3.23. The number of halogens is 3. The van der Waals surface area contributed by atoms with E-state index in [1.54, 1.807) is 25.1 Å². The molecule has 118 valence electrons. The molecule has 4 nitrogen and oxygen atoms in total. The lowest BCUT2D eigenvalue weighted by atomic mass is 10.2. The molecule has 1 aliphatic rings. The van der Waals surface area contributed by atoms with Crippen LogP contribution < -0.4 is 15.8 Å². The van der Waals surface area contributed by atoms with Gasteiger partial charge in [0.1, 0.15) is 5.75 Å². The number of ether oxygens (including phenoxy) is 1. The van der Waals surface area contributed by atoms with Crippen molar-refractivity contribution in [2.24, 2.45) is 11.7 Å². The van der Waals surface area contributed by atoms with Crippen molar-refractivity contribution in [3.05, 3.63) is 27.7 Å². The molecule has 2 atom stereocenters. The molecule has 0 radical (unpaired) electrons. The number of hydrogen-bond donors (Lipinski definition) is 2. The first-order chi connectivity index (χ1) is 9.47. The van der Waals surface area contributed by atoms with Crippen LogP contribution in [0.2, 0.25) is 5.02 Å². The van der Waals surface area contributed by atoms with Gasteiger partial charge in [-0.25, -0.2) is 0 Å². The molecule has 1 saturated carbocycles. The second kappa shape index (κ2) is 8.22. The number of carbonyl (C=O) groups is 1. The second-order valence-electron chi connectivity index (χ2n) is 5.08. The summed E-state index contributed by atoms with van der Waals surface area (Å²) in [5, 5.41) is 3.43. The molecular weight excluding hydrogens is 379 g/mol. The molecule has 0 spiro atoms. The minimum absolute atomic E-state index is 0. The van der Waals surface area contributed by atoms with Gasteiger partial charge in [0.15, 0.2) is 6.10 Å². The number of amides is 1. The molecule has 1 aliphatic carbocycles. The molecule has 1 fully saturated rings. The third kappa shape index (κ3) is 5.66. The molecule has 3 N–H and O–H groups in total. The van der Waals surface area contributed by atoms with Crippen LogP contribution in [-0.2, 0) is 4.79 Å². The van der Waals surface area contributed by atoms with Crippen LogP contribution in [-0.4, -0.2) is 24.6 Å². The molecule has 1 amide bonds. The van der Waals surface area contributed by atoms with Crippen LogP contribution in [0.4, 0.5) is 0 Å². The van der Waals surface area contributed by atoms with Crippen molar-refractivity contribution < 1.29 is 9.53 Å². The van der Waals surface area contributed by atoms with Crippen LogP contribution in [0.5, 0.6) is 5.75 Å². The van der Waals surface area contributed by atoms with Gasteiger partial charge in [0, 0.05) is 17.6 Å². The van der Waals surface area contributed by atoms with Gasteiger partial charge >= 0.3 is 0 Å². The Hall–Kier alpha value is -0.490. The van der Waals surface area contributed by atoms with Crippen LogP contribution in [0, 0.1) is 5.92 Å². The summed E-state index contributed by atoms with van der Waals surface area (Å²) < 4.78 is 6.33. The highest BCUT2D eigenvalue weighted by atomic mass is 79.9. The van der Waals surface area contributed by atoms with E-state index in [1.807, 2.05) is 0 Å². The first kappa shape index (κ1) is 18.6. The highest BCUT2D eigenvalue weighted by molar-refractivity contribution is 9.10. The Labute approximate surface area is 144 Å². The summed E-state index contributed by atoms with van der Waals surface area (Å²) in [5.41, 5.74) is 5.94. The molecule has 2 unspecified atom stereocenters.